The number of phenols is 1. The number of aromatic hydroxyl groups is 1. The van der Waals surface area contributed by atoms with Gasteiger partial charge in [0, 0.05) is 27.7 Å². The maximum absolute atomic E-state index is 11.1. The van der Waals surface area contributed by atoms with Crippen molar-refractivity contribution in [1.29, 1.82) is 0 Å². The second-order valence-corrected chi connectivity index (χ2v) is 10.0. The number of hydrogen-bond acceptors (Lipinski definition) is 2. The standard InChI is InChI=1S/C25H30N2O/c1-15-6-7-19-17(12-15)22-16-13-21-24(2)8-4-5-9-25(24,10-11-27(21)3)18(16)14-20(28)23(22)26-19/h6-7,12,14,21,26,28H,4-5,8-11,13H2,1-3H3. The van der Waals surface area contributed by atoms with Crippen LogP contribution in [0, 0.1) is 12.3 Å². The summed E-state index contributed by atoms with van der Waals surface area (Å²) >= 11 is 0. The van der Waals surface area contributed by atoms with E-state index in [1.165, 1.54) is 66.1 Å². The lowest BCUT2D eigenvalue weighted by molar-refractivity contribution is -0.0732. The van der Waals surface area contributed by atoms with Crippen LogP contribution in [0.25, 0.3) is 21.8 Å². The Hall–Kier alpha value is -2.00. The first-order chi connectivity index (χ1) is 13.4. The fourth-order valence-electron chi connectivity index (χ4n) is 7.38. The van der Waals surface area contributed by atoms with Crippen LogP contribution in [0.3, 0.4) is 0 Å². The fraction of sp³-hybridized carbons (Fsp3) is 0.520. The number of fused-ring (bicyclic) bond motifs is 5. The molecule has 1 saturated heterocycles. The molecular formula is C25H30N2O. The molecule has 2 aliphatic carbocycles. The van der Waals surface area contributed by atoms with E-state index in [4.69, 9.17) is 0 Å². The first-order valence-corrected chi connectivity index (χ1v) is 10.9. The van der Waals surface area contributed by atoms with E-state index in [0.29, 0.717) is 17.2 Å². The summed E-state index contributed by atoms with van der Waals surface area (Å²) in [4.78, 5) is 6.15. The number of benzene rings is 2. The van der Waals surface area contributed by atoms with E-state index in [-0.39, 0.29) is 5.41 Å². The maximum Gasteiger partial charge on any atom is 0.139 e. The van der Waals surface area contributed by atoms with Gasteiger partial charge in [-0.1, -0.05) is 31.4 Å². The predicted molar refractivity (Wildman–Crippen MR) is 115 cm³/mol. The quantitative estimate of drug-likeness (QED) is 0.552. The summed E-state index contributed by atoms with van der Waals surface area (Å²) in [5.41, 5.74) is 6.84. The summed E-state index contributed by atoms with van der Waals surface area (Å²) < 4.78 is 0. The molecule has 1 aliphatic heterocycles. The fourth-order valence-corrected chi connectivity index (χ4v) is 7.38. The number of likely N-dealkylation sites (N-methyl/N-ethyl adjacent to an activating group) is 1. The minimum Gasteiger partial charge on any atom is -0.506 e. The van der Waals surface area contributed by atoms with E-state index in [1.807, 2.05) is 0 Å². The van der Waals surface area contributed by atoms with Crippen molar-refractivity contribution < 1.29 is 5.11 Å². The van der Waals surface area contributed by atoms with Crippen LogP contribution in [-0.4, -0.2) is 34.6 Å². The Morgan fingerprint density at radius 1 is 1.14 bits per heavy atom. The zero-order chi connectivity index (χ0) is 19.3. The molecule has 2 heterocycles. The van der Waals surface area contributed by atoms with Crippen molar-refractivity contribution in [2.24, 2.45) is 5.41 Å². The number of rotatable bonds is 0. The molecule has 3 atom stereocenters. The van der Waals surface area contributed by atoms with Gasteiger partial charge in [0.2, 0.25) is 0 Å². The Labute approximate surface area is 166 Å². The van der Waals surface area contributed by atoms with Crippen LogP contribution in [0.15, 0.2) is 24.3 Å². The number of likely N-dealkylation sites (tertiary alicyclic amines) is 1. The van der Waals surface area contributed by atoms with Crippen LogP contribution < -0.4 is 0 Å². The molecule has 1 aromatic heterocycles. The molecule has 3 nitrogen and oxygen atoms in total. The number of H-pyrrole nitrogens is 1. The van der Waals surface area contributed by atoms with Crippen molar-refractivity contribution in [3.8, 4) is 5.75 Å². The van der Waals surface area contributed by atoms with Gasteiger partial charge in [0.25, 0.3) is 0 Å². The Kier molecular flexibility index (Phi) is 3.22. The average molecular weight is 375 g/mol. The number of aryl methyl sites for hydroxylation is 1. The monoisotopic (exact) mass is 374 g/mol. The lowest BCUT2D eigenvalue weighted by Crippen LogP contribution is -2.66. The zero-order valence-corrected chi connectivity index (χ0v) is 17.2. The summed E-state index contributed by atoms with van der Waals surface area (Å²) in [6.45, 7) is 5.88. The van der Waals surface area contributed by atoms with Crippen LogP contribution in [0.5, 0.6) is 5.75 Å². The molecule has 2 fully saturated rings. The van der Waals surface area contributed by atoms with Gasteiger partial charge in [-0.25, -0.2) is 0 Å². The molecule has 3 unspecified atom stereocenters. The number of phenolic OH excluding ortho intramolecular Hbond substituents is 1. The van der Waals surface area contributed by atoms with Crippen LogP contribution in [0.1, 0.15) is 55.7 Å². The second-order valence-electron chi connectivity index (χ2n) is 10.0. The summed E-state index contributed by atoms with van der Waals surface area (Å²) in [6.07, 6.45) is 7.56. The largest absolute Gasteiger partial charge is 0.506 e. The lowest BCUT2D eigenvalue weighted by Gasteiger charge is -2.65. The predicted octanol–water partition coefficient (Wildman–Crippen LogP) is 5.41. The summed E-state index contributed by atoms with van der Waals surface area (Å²) in [5, 5.41) is 13.6. The first-order valence-electron chi connectivity index (χ1n) is 10.9. The van der Waals surface area contributed by atoms with E-state index in [2.05, 4.69) is 55.0 Å². The van der Waals surface area contributed by atoms with Crippen molar-refractivity contribution >= 4 is 21.8 Å². The summed E-state index contributed by atoms with van der Waals surface area (Å²) in [7, 11) is 2.33. The molecule has 3 aliphatic rings. The second kappa shape index (κ2) is 5.33. The van der Waals surface area contributed by atoms with Gasteiger partial charge in [0.05, 0.1) is 5.52 Å². The number of piperidine rings is 1. The Balaban J connectivity index is 1.75. The van der Waals surface area contributed by atoms with E-state index >= 15 is 0 Å². The number of nitrogens with zero attached hydrogens (tertiary/aromatic N) is 1. The molecule has 2 aromatic carbocycles. The van der Waals surface area contributed by atoms with Gasteiger partial charge in [-0.15, -0.1) is 0 Å². The molecule has 2 bridgehead atoms. The highest BCUT2D eigenvalue weighted by molar-refractivity contribution is 6.11. The van der Waals surface area contributed by atoms with Gasteiger partial charge in [-0.05, 0) is 80.9 Å². The third kappa shape index (κ3) is 1.84. The Morgan fingerprint density at radius 2 is 1.96 bits per heavy atom. The van der Waals surface area contributed by atoms with Crippen molar-refractivity contribution in [1.82, 2.24) is 9.88 Å². The third-order valence-electron chi connectivity index (χ3n) is 8.83. The topological polar surface area (TPSA) is 39.3 Å². The van der Waals surface area contributed by atoms with Gasteiger partial charge >= 0.3 is 0 Å². The van der Waals surface area contributed by atoms with Gasteiger partial charge < -0.3 is 15.0 Å². The number of aromatic amines is 1. The van der Waals surface area contributed by atoms with Gasteiger partial charge in [-0.3, -0.25) is 0 Å². The molecule has 28 heavy (non-hydrogen) atoms. The molecular weight excluding hydrogens is 344 g/mol. The average Bonchev–Trinajstić information content (AvgIpc) is 3.05. The van der Waals surface area contributed by atoms with E-state index < -0.39 is 0 Å². The SMILES string of the molecule is Cc1ccc2[nH]c3c(O)cc4c(c3c2c1)CC1N(C)CCC42CCCCC12C. The van der Waals surface area contributed by atoms with Gasteiger partial charge in [0.15, 0.2) is 0 Å². The van der Waals surface area contributed by atoms with E-state index in [1.54, 1.807) is 0 Å². The van der Waals surface area contributed by atoms with Crippen LogP contribution in [0.2, 0.25) is 0 Å². The molecule has 1 saturated carbocycles. The van der Waals surface area contributed by atoms with Gasteiger partial charge in [-0.2, -0.15) is 0 Å². The maximum atomic E-state index is 11.1. The normalized spacial score (nSPS) is 32.5. The third-order valence-corrected chi connectivity index (χ3v) is 8.83. The molecule has 0 radical (unpaired) electrons. The van der Waals surface area contributed by atoms with Gasteiger partial charge in [0.1, 0.15) is 5.75 Å². The van der Waals surface area contributed by atoms with Crippen molar-refractivity contribution in [2.45, 2.75) is 63.8 Å². The molecule has 146 valence electrons. The highest BCUT2D eigenvalue weighted by Crippen LogP contribution is 2.64. The molecule has 0 spiro atoms. The molecule has 2 N–H and O–H groups in total. The van der Waals surface area contributed by atoms with Crippen LogP contribution >= 0.6 is 0 Å². The minimum absolute atomic E-state index is 0.217. The minimum atomic E-state index is 0.217. The highest BCUT2D eigenvalue weighted by Gasteiger charge is 2.60. The number of nitrogens with one attached hydrogen (secondary N) is 1. The Morgan fingerprint density at radius 3 is 2.82 bits per heavy atom. The van der Waals surface area contributed by atoms with Crippen LogP contribution in [0.4, 0.5) is 0 Å². The summed E-state index contributed by atoms with van der Waals surface area (Å²) in [5.74, 6) is 0.433. The number of aromatic nitrogens is 1. The molecule has 3 aromatic rings. The zero-order valence-electron chi connectivity index (χ0n) is 17.2. The summed E-state index contributed by atoms with van der Waals surface area (Å²) in [6, 6.07) is 9.34. The molecule has 3 heteroatoms. The first kappa shape index (κ1) is 16.9. The van der Waals surface area contributed by atoms with Crippen LogP contribution in [-0.2, 0) is 11.8 Å². The van der Waals surface area contributed by atoms with E-state index in [0.717, 1.165) is 17.5 Å². The van der Waals surface area contributed by atoms with Crippen molar-refractivity contribution in [2.75, 3.05) is 13.6 Å². The Bertz CT molecular complexity index is 1130. The van der Waals surface area contributed by atoms with Crippen molar-refractivity contribution in [3.05, 3.63) is 41.0 Å². The lowest BCUT2D eigenvalue weighted by atomic mass is 9.44. The molecule has 0 amide bonds. The smallest absolute Gasteiger partial charge is 0.139 e. The molecule has 6 rings (SSSR count). The van der Waals surface area contributed by atoms with Crippen molar-refractivity contribution in [3.63, 3.8) is 0 Å². The highest BCUT2D eigenvalue weighted by atomic mass is 16.3. The number of hydrogen-bond donors (Lipinski definition) is 2. The van der Waals surface area contributed by atoms with E-state index in [9.17, 15) is 5.11 Å².